The van der Waals surface area contributed by atoms with E-state index in [1.54, 1.807) is 17.9 Å². The Labute approximate surface area is 224 Å². The van der Waals surface area contributed by atoms with Crippen LogP contribution in [0.4, 0.5) is 5.69 Å². The Bertz CT molecular complexity index is 1150. The Morgan fingerprint density at radius 3 is 2.25 bits per heavy atom. The van der Waals surface area contributed by atoms with E-state index in [9.17, 15) is 18.0 Å². The molecule has 0 aliphatic rings. The average molecular weight is 557 g/mol. The summed E-state index contributed by atoms with van der Waals surface area (Å²) in [5.74, 6) is -0.472. The number of amides is 2. The largest absolute Gasteiger partial charge is 0.350 e. The minimum Gasteiger partial charge on any atom is -0.350 e. The van der Waals surface area contributed by atoms with Gasteiger partial charge in [0.15, 0.2) is 0 Å². The summed E-state index contributed by atoms with van der Waals surface area (Å²) in [5.41, 5.74) is 0.877. The standard InChI is InChI=1S/C26H35Cl2N3O4S/c1-19(25(33)29-26(2,3)4)30(17-15-20-10-7-6-8-11-20)24(32)12-9-16-31(36(5,34)35)23-18-21(27)13-14-22(23)28/h6-8,10-11,13-14,18-19H,9,12,15-17H2,1-5H3,(H,29,33)/t19-/m0/s1. The fourth-order valence-electron chi connectivity index (χ4n) is 3.70. The molecule has 1 atom stereocenters. The number of nitrogens with one attached hydrogen (secondary N) is 1. The van der Waals surface area contributed by atoms with E-state index in [1.165, 1.54) is 12.1 Å². The quantitative estimate of drug-likeness (QED) is 0.426. The molecule has 0 saturated carbocycles. The van der Waals surface area contributed by atoms with Crippen molar-refractivity contribution in [3.63, 3.8) is 0 Å². The molecule has 2 aromatic carbocycles. The van der Waals surface area contributed by atoms with Gasteiger partial charge >= 0.3 is 0 Å². The van der Waals surface area contributed by atoms with Crippen LogP contribution in [0.3, 0.4) is 0 Å². The number of hydrogen-bond acceptors (Lipinski definition) is 4. The number of halogens is 2. The molecule has 0 fully saturated rings. The first-order chi connectivity index (χ1) is 16.7. The molecular weight excluding hydrogens is 521 g/mol. The molecule has 0 radical (unpaired) electrons. The summed E-state index contributed by atoms with van der Waals surface area (Å²) in [5, 5.41) is 3.53. The van der Waals surface area contributed by atoms with Crippen LogP contribution in [0.5, 0.6) is 0 Å². The molecule has 0 aliphatic heterocycles. The molecule has 36 heavy (non-hydrogen) atoms. The van der Waals surface area contributed by atoms with Gasteiger partial charge in [-0.15, -0.1) is 0 Å². The molecule has 198 valence electrons. The van der Waals surface area contributed by atoms with Crippen LogP contribution in [-0.2, 0) is 26.0 Å². The minimum atomic E-state index is -3.67. The topological polar surface area (TPSA) is 86.8 Å². The number of rotatable bonds is 11. The molecule has 0 unspecified atom stereocenters. The normalized spacial score (nSPS) is 12.6. The fourth-order valence-corrected chi connectivity index (χ4v) is 5.11. The summed E-state index contributed by atoms with van der Waals surface area (Å²) >= 11 is 12.3. The number of sulfonamides is 1. The van der Waals surface area contributed by atoms with Crippen molar-refractivity contribution in [2.24, 2.45) is 0 Å². The van der Waals surface area contributed by atoms with Gasteiger partial charge in [0.25, 0.3) is 0 Å². The van der Waals surface area contributed by atoms with Gasteiger partial charge in [-0.2, -0.15) is 0 Å². The molecule has 10 heteroatoms. The Balaban J connectivity index is 2.16. The van der Waals surface area contributed by atoms with Gasteiger partial charge in [0, 0.05) is 30.1 Å². The van der Waals surface area contributed by atoms with Crippen LogP contribution in [0.2, 0.25) is 10.0 Å². The lowest BCUT2D eigenvalue weighted by atomic mass is 10.1. The van der Waals surface area contributed by atoms with E-state index in [2.05, 4.69) is 5.32 Å². The van der Waals surface area contributed by atoms with E-state index < -0.39 is 21.6 Å². The monoisotopic (exact) mass is 555 g/mol. The van der Waals surface area contributed by atoms with Gasteiger partial charge in [-0.3, -0.25) is 13.9 Å². The Kier molecular flexibility index (Phi) is 10.6. The molecule has 1 N–H and O–H groups in total. The van der Waals surface area contributed by atoms with Crippen molar-refractivity contribution in [1.82, 2.24) is 10.2 Å². The lowest BCUT2D eigenvalue weighted by Gasteiger charge is -2.32. The van der Waals surface area contributed by atoms with Gasteiger partial charge < -0.3 is 10.2 Å². The summed E-state index contributed by atoms with van der Waals surface area (Å²) in [7, 11) is -3.67. The highest BCUT2D eigenvalue weighted by atomic mass is 35.5. The maximum atomic E-state index is 13.3. The summed E-state index contributed by atoms with van der Waals surface area (Å²) in [6, 6.07) is 13.6. The highest BCUT2D eigenvalue weighted by molar-refractivity contribution is 7.92. The number of nitrogens with zero attached hydrogens (tertiary/aromatic N) is 2. The maximum absolute atomic E-state index is 13.3. The van der Waals surface area contributed by atoms with Crippen LogP contribution in [-0.4, -0.2) is 56.1 Å². The van der Waals surface area contributed by atoms with Crippen LogP contribution in [0.15, 0.2) is 48.5 Å². The number of benzene rings is 2. The van der Waals surface area contributed by atoms with Crippen molar-refractivity contribution in [2.75, 3.05) is 23.7 Å². The molecule has 7 nitrogen and oxygen atoms in total. The molecule has 2 amide bonds. The number of carbonyl (C=O) groups is 2. The molecule has 0 aliphatic carbocycles. The predicted molar refractivity (Wildman–Crippen MR) is 147 cm³/mol. The van der Waals surface area contributed by atoms with Gasteiger partial charge in [0.05, 0.1) is 17.0 Å². The second kappa shape index (κ2) is 12.8. The SMILES string of the molecule is C[C@@H](C(=O)NC(C)(C)C)N(CCc1ccccc1)C(=O)CCCN(c1cc(Cl)ccc1Cl)S(C)(=O)=O. The van der Waals surface area contributed by atoms with Crippen molar-refractivity contribution in [3.8, 4) is 0 Å². The van der Waals surface area contributed by atoms with Crippen molar-refractivity contribution < 1.29 is 18.0 Å². The zero-order valence-electron chi connectivity index (χ0n) is 21.4. The summed E-state index contributed by atoms with van der Waals surface area (Å²) in [4.78, 5) is 27.7. The molecule has 0 spiro atoms. The van der Waals surface area contributed by atoms with Crippen LogP contribution < -0.4 is 9.62 Å². The molecule has 0 saturated heterocycles. The molecule has 2 rings (SSSR count). The van der Waals surface area contributed by atoms with Gasteiger partial charge in [-0.05, 0) is 64.3 Å². The van der Waals surface area contributed by atoms with Crippen LogP contribution >= 0.6 is 23.2 Å². The Hall–Kier alpha value is -2.29. The highest BCUT2D eigenvalue weighted by Crippen LogP contribution is 2.31. The zero-order chi connectivity index (χ0) is 27.1. The minimum absolute atomic E-state index is 0.0414. The Morgan fingerprint density at radius 2 is 1.67 bits per heavy atom. The average Bonchev–Trinajstić information content (AvgIpc) is 2.77. The molecular formula is C26H35Cl2N3O4S. The third-order valence-corrected chi connectivity index (χ3v) is 7.21. The van der Waals surface area contributed by atoms with Gasteiger partial charge in [-0.25, -0.2) is 8.42 Å². The number of anilines is 1. The van der Waals surface area contributed by atoms with Crippen molar-refractivity contribution in [1.29, 1.82) is 0 Å². The van der Waals surface area contributed by atoms with E-state index in [1.807, 2.05) is 51.1 Å². The third-order valence-electron chi connectivity index (χ3n) is 5.48. The summed E-state index contributed by atoms with van der Waals surface area (Å²) in [6.45, 7) is 7.76. The molecule has 0 bridgehead atoms. The lowest BCUT2D eigenvalue weighted by molar-refractivity contribution is -0.140. The van der Waals surface area contributed by atoms with Crippen LogP contribution in [0, 0.1) is 0 Å². The highest BCUT2D eigenvalue weighted by Gasteiger charge is 2.28. The van der Waals surface area contributed by atoms with Crippen LogP contribution in [0.25, 0.3) is 0 Å². The summed E-state index contributed by atoms with van der Waals surface area (Å²) in [6.07, 6.45) is 1.97. The number of carbonyl (C=O) groups excluding carboxylic acids is 2. The molecule has 2 aromatic rings. The third kappa shape index (κ3) is 9.30. The summed E-state index contributed by atoms with van der Waals surface area (Å²) < 4.78 is 26.1. The first-order valence-corrected chi connectivity index (χ1v) is 14.4. The first kappa shape index (κ1) is 29.9. The van der Waals surface area contributed by atoms with E-state index in [0.29, 0.717) is 18.0 Å². The van der Waals surface area contributed by atoms with Crippen molar-refractivity contribution >= 4 is 50.7 Å². The number of hydrogen-bond donors (Lipinski definition) is 1. The zero-order valence-corrected chi connectivity index (χ0v) is 23.8. The second-order valence-electron chi connectivity index (χ2n) is 9.77. The van der Waals surface area contributed by atoms with E-state index in [0.717, 1.165) is 16.1 Å². The van der Waals surface area contributed by atoms with Crippen molar-refractivity contribution in [2.45, 2.75) is 58.5 Å². The van der Waals surface area contributed by atoms with Gasteiger partial charge in [0.2, 0.25) is 21.8 Å². The smallest absolute Gasteiger partial charge is 0.242 e. The van der Waals surface area contributed by atoms with Crippen molar-refractivity contribution in [3.05, 3.63) is 64.1 Å². The van der Waals surface area contributed by atoms with E-state index >= 15 is 0 Å². The maximum Gasteiger partial charge on any atom is 0.242 e. The lowest BCUT2D eigenvalue weighted by Crippen LogP contribution is -2.53. The second-order valence-corrected chi connectivity index (χ2v) is 12.5. The van der Waals surface area contributed by atoms with Gasteiger partial charge in [0.1, 0.15) is 6.04 Å². The predicted octanol–water partition coefficient (Wildman–Crippen LogP) is 4.91. The molecule has 0 heterocycles. The van der Waals surface area contributed by atoms with E-state index in [4.69, 9.17) is 23.2 Å². The fraction of sp³-hybridized carbons (Fsp3) is 0.462. The van der Waals surface area contributed by atoms with Crippen LogP contribution in [0.1, 0.15) is 46.1 Å². The van der Waals surface area contributed by atoms with E-state index in [-0.39, 0.29) is 41.9 Å². The molecule has 0 aromatic heterocycles. The Morgan fingerprint density at radius 1 is 1.03 bits per heavy atom. The van der Waals surface area contributed by atoms with Gasteiger partial charge in [-0.1, -0.05) is 53.5 Å². The first-order valence-electron chi connectivity index (χ1n) is 11.8.